The van der Waals surface area contributed by atoms with Gasteiger partial charge in [0.1, 0.15) is 6.04 Å². The van der Waals surface area contributed by atoms with Crippen LogP contribution in [0.25, 0.3) is 0 Å². The maximum absolute atomic E-state index is 13.0. The summed E-state index contributed by atoms with van der Waals surface area (Å²) in [5, 5.41) is 3.25. The summed E-state index contributed by atoms with van der Waals surface area (Å²) in [4.78, 5) is 33.6. The minimum absolute atomic E-state index is 0.0753. The zero-order valence-electron chi connectivity index (χ0n) is 16.6. The molecule has 2 fully saturated rings. The van der Waals surface area contributed by atoms with Gasteiger partial charge in [-0.15, -0.1) is 11.3 Å². The number of benzene rings is 1. The second kappa shape index (κ2) is 7.66. The summed E-state index contributed by atoms with van der Waals surface area (Å²) >= 11 is 1.68. The summed E-state index contributed by atoms with van der Waals surface area (Å²) < 4.78 is 0. The van der Waals surface area contributed by atoms with E-state index in [-0.39, 0.29) is 23.3 Å². The Hall–Kier alpha value is -2.21. The zero-order valence-corrected chi connectivity index (χ0v) is 17.4. The number of nitrogens with zero attached hydrogens (tertiary/aromatic N) is 3. The van der Waals surface area contributed by atoms with E-state index in [1.54, 1.807) is 16.2 Å². The molecule has 6 heteroatoms. The molecule has 1 unspecified atom stereocenters. The fourth-order valence-corrected chi connectivity index (χ4v) is 5.33. The standard InChI is InChI=1S/C22H27N3O2S/c1-16(25-12-6-9-20(25)26)21(27)24-13-10-22(11-14-24,18-7-4-3-5-8-18)19-15-28-17(2)23-19/h3-5,7-8,15-16H,6,9-14H2,1-2H3. The van der Waals surface area contributed by atoms with Crippen LogP contribution in [0.5, 0.6) is 0 Å². The van der Waals surface area contributed by atoms with Gasteiger partial charge < -0.3 is 9.80 Å². The summed E-state index contributed by atoms with van der Waals surface area (Å²) in [5.74, 6) is 0.181. The Morgan fingerprint density at radius 2 is 1.89 bits per heavy atom. The number of piperidine rings is 1. The summed E-state index contributed by atoms with van der Waals surface area (Å²) in [7, 11) is 0. The van der Waals surface area contributed by atoms with Crippen LogP contribution in [0.3, 0.4) is 0 Å². The van der Waals surface area contributed by atoms with Crippen LogP contribution in [-0.2, 0) is 15.0 Å². The van der Waals surface area contributed by atoms with Crippen LogP contribution >= 0.6 is 11.3 Å². The highest BCUT2D eigenvalue weighted by atomic mass is 32.1. The monoisotopic (exact) mass is 397 g/mol. The molecule has 0 radical (unpaired) electrons. The SMILES string of the molecule is Cc1nc(C2(c3ccccc3)CCN(C(=O)C(C)N3CCCC3=O)CC2)cs1. The molecule has 2 saturated heterocycles. The molecule has 2 aromatic rings. The fourth-order valence-electron chi connectivity index (χ4n) is 4.62. The summed E-state index contributed by atoms with van der Waals surface area (Å²) in [5.41, 5.74) is 2.25. The number of hydrogen-bond donors (Lipinski definition) is 0. The van der Waals surface area contributed by atoms with Crippen LogP contribution in [0.2, 0.25) is 0 Å². The minimum atomic E-state index is -0.360. The Balaban J connectivity index is 1.54. The van der Waals surface area contributed by atoms with E-state index in [0.29, 0.717) is 26.1 Å². The van der Waals surface area contributed by atoms with Gasteiger partial charge in [0, 0.05) is 36.9 Å². The lowest BCUT2D eigenvalue weighted by molar-refractivity contribution is -0.143. The molecule has 28 heavy (non-hydrogen) atoms. The smallest absolute Gasteiger partial charge is 0.245 e. The first kappa shape index (κ1) is 19.1. The third-order valence-corrected chi connectivity index (χ3v) is 7.07. The Morgan fingerprint density at radius 3 is 2.46 bits per heavy atom. The zero-order chi connectivity index (χ0) is 19.7. The highest BCUT2D eigenvalue weighted by Gasteiger charge is 2.42. The highest BCUT2D eigenvalue weighted by molar-refractivity contribution is 7.09. The van der Waals surface area contributed by atoms with Crippen molar-refractivity contribution in [1.82, 2.24) is 14.8 Å². The van der Waals surface area contributed by atoms with Crippen LogP contribution in [-0.4, -0.2) is 52.3 Å². The van der Waals surface area contributed by atoms with Crippen molar-refractivity contribution < 1.29 is 9.59 Å². The maximum atomic E-state index is 13.0. The molecule has 2 aliphatic rings. The molecular weight excluding hydrogens is 370 g/mol. The van der Waals surface area contributed by atoms with Crippen LogP contribution in [0.4, 0.5) is 0 Å². The van der Waals surface area contributed by atoms with E-state index < -0.39 is 0 Å². The Kier molecular flexibility index (Phi) is 5.23. The maximum Gasteiger partial charge on any atom is 0.245 e. The third-order valence-electron chi connectivity index (χ3n) is 6.30. The van der Waals surface area contributed by atoms with Crippen molar-refractivity contribution in [1.29, 1.82) is 0 Å². The third kappa shape index (κ3) is 3.34. The molecule has 3 heterocycles. The number of rotatable bonds is 4. The summed E-state index contributed by atoms with van der Waals surface area (Å²) in [6.45, 7) is 5.99. The van der Waals surface area contributed by atoms with Gasteiger partial charge in [-0.3, -0.25) is 9.59 Å². The van der Waals surface area contributed by atoms with E-state index in [1.165, 1.54) is 5.56 Å². The Bertz CT molecular complexity index is 856. The van der Waals surface area contributed by atoms with E-state index in [1.807, 2.05) is 24.8 Å². The molecular formula is C22H27N3O2S. The van der Waals surface area contributed by atoms with E-state index in [4.69, 9.17) is 4.98 Å². The van der Waals surface area contributed by atoms with Crippen molar-refractivity contribution >= 4 is 23.2 Å². The number of carbonyl (C=O) groups is 2. The van der Waals surface area contributed by atoms with Crippen molar-refractivity contribution in [3.63, 3.8) is 0 Å². The van der Waals surface area contributed by atoms with Crippen LogP contribution in [0, 0.1) is 6.92 Å². The molecule has 0 spiro atoms. The predicted molar refractivity (Wildman–Crippen MR) is 110 cm³/mol. The van der Waals surface area contributed by atoms with Gasteiger partial charge in [-0.2, -0.15) is 0 Å². The number of thiazole rings is 1. The summed E-state index contributed by atoms with van der Waals surface area (Å²) in [6.07, 6.45) is 3.13. The first-order valence-corrected chi connectivity index (χ1v) is 11.0. The second-order valence-electron chi connectivity index (χ2n) is 7.89. The number of hydrogen-bond acceptors (Lipinski definition) is 4. The molecule has 1 aromatic heterocycles. The molecule has 0 aliphatic carbocycles. The molecule has 148 valence electrons. The van der Waals surface area contributed by atoms with Gasteiger partial charge in [-0.1, -0.05) is 30.3 Å². The molecule has 4 rings (SSSR count). The number of aryl methyl sites for hydroxylation is 1. The average Bonchev–Trinajstić information content (AvgIpc) is 3.36. The molecule has 1 atom stereocenters. The number of aromatic nitrogens is 1. The number of amides is 2. The van der Waals surface area contributed by atoms with E-state index >= 15 is 0 Å². The quantitative estimate of drug-likeness (QED) is 0.795. The topological polar surface area (TPSA) is 53.5 Å². The van der Waals surface area contributed by atoms with Crippen molar-refractivity contribution in [2.24, 2.45) is 0 Å². The van der Waals surface area contributed by atoms with Gasteiger partial charge in [0.15, 0.2) is 0 Å². The molecule has 5 nitrogen and oxygen atoms in total. The van der Waals surface area contributed by atoms with Crippen molar-refractivity contribution in [2.75, 3.05) is 19.6 Å². The second-order valence-corrected chi connectivity index (χ2v) is 8.95. The molecule has 2 aliphatic heterocycles. The van der Waals surface area contributed by atoms with Gasteiger partial charge in [0.2, 0.25) is 11.8 Å². The van der Waals surface area contributed by atoms with E-state index in [0.717, 1.165) is 30.0 Å². The Morgan fingerprint density at radius 1 is 1.18 bits per heavy atom. The number of carbonyl (C=O) groups excluding carboxylic acids is 2. The highest BCUT2D eigenvalue weighted by Crippen LogP contribution is 2.42. The molecule has 0 saturated carbocycles. The van der Waals surface area contributed by atoms with Crippen LogP contribution in [0.15, 0.2) is 35.7 Å². The summed E-state index contributed by atoms with van der Waals surface area (Å²) in [6, 6.07) is 10.2. The van der Waals surface area contributed by atoms with Crippen molar-refractivity contribution in [2.45, 2.75) is 51.0 Å². The fraction of sp³-hybridized carbons (Fsp3) is 0.500. The van der Waals surface area contributed by atoms with Gasteiger partial charge in [-0.25, -0.2) is 4.98 Å². The van der Waals surface area contributed by atoms with Crippen LogP contribution in [0.1, 0.15) is 48.9 Å². The van der Waals surface area contributed by atoms with Crippen molar-refractivity contribution in [3.05, 3.63) is 52.0 Å². The van der Waals surface area contributed by atoms with Gasteiger partial charge in [0.05, 0.1) is 10.7 Å². The average molecular weight is 398 g/mol. The van der Waals surface area contributed by atoms with E-state index in [9.17, 15) is 9.59 Å². The lowest BCUT2D eigenvalue weighted by Gasteiger charge is -2.42. The number of likely N-dealkylation sites (tertiary alicyclic amines) is 2. The predicted octanol–water partition coefficient (Wildman–Crippen LogP) is 3.37. The van der Waals surface area contributed by atoms with Gasteiger partial charge >= 0.3 is 0 Å². The molecule has 0 bridgehead atoms. The first-order chi connectivity index (χ1) is 13.5. The lowest BCUT2D eigenvalue weighted by atomic mass is 9.70. The molecule has 1 aromatic carbocycles. The van der Waals surface area contributed by atoms with Gasteiger partial charge in [-0.05, 0) is 38.7 Å². The molecule has 0 N–H and O–H groups in total. The minimum Gasteiger partial charge on any atom is -0.341 e. The first-order valence-electron chi connectivity index (χ1n) is 10.1. The lowest BCUT2D eigenvalue weighted by Crippen LogP contribution is -2.52. The van der Waals surface area contributed by atoms with Gasteiger partial charge in [0.25, 0.3) is 0 Å². The Labute approximate surface area is 170 Å². The normalized spacial score (nSPS) is 20.4. The van der Waals surface area contributed by atoms with Crippen molar-refractivity contribution in [3.8, 4) is 0 Å². The van der Waals surface area contributed by atoms with Crippen LogP contribution < -0.4 is 0 Å². The molecule has 2 amide bonds. The largest absolute Gasteiger partial charge is 0.341 e. The van der Waals surface area contributed by atoms with E-state index in [2.05, 4.69) is 29.6 Å².